The SMILES string of the molecule is COC(=O)c1ccccc1S(=O)(=O)NC(=O)Nc1nc(C)cc(COC(C)=O)n1. The highest BCUT2D eigenvalue weighted by Gasteiger charge is 2.25. The highest BCUT2D eigenvalue weighted by atomic mass is 32.2. The van der Waals surface area contributed by atoms with Gasteiger partial charge in [-0.3, -0.25) is 10.1 Å². The third-order valence-electron chi connectivity index (χ3n) is 3.36. The van der Waals surface area contributed by atoms with E-state index in [0.717, 1.165) is 13.2 Å². The van der Waals surface area contributed by atoms with E-state index >= 15 is 0 Å². The summed E-state index contributed by atoms with van der Waals surface area (Å²) < 4.78 is 36.2. The number of aryl methyl sites for hydroxylation is 1. The molecule has 2 rings (SSSR count). The van der Waals surface area contributed by atoms with Crippen LogP contribution in [0, 0.1) is 6.92 Å². The van der Waals surface area contributed by atoms with Crippen molar-refractivity contribution < 1.29 is 32.3 Å². The Labute approximate surface area is 166 Å². The molecule has 0 bridgehead atoms. The number of methoxy groups -OCH3 is 1. The zero-order valence-corrected chi connectivity index (χ0v) is 16.6. The van der Waals surface area contributed by atoms with Gasteiger partial charge in [-0.05, 0) is 25.1 Å². The van der Waals surface area contributed by atoms with E-state index in [1.165, 1.54) is 31.2 Å². The van der Waals surface area contributed by atoms with Gasteiger partial charge in [-0.2, -0.15) is 0 Å². The van der Waals surface area contributed by atoms with Crippen molar-refractivity contribution in [3.8, 4) is 0 Å². The summed E-state index contributed by atoms with van der Waals surface area (Å²) in [4.78, 5) is 42.4. The first-order valence-electron chi connectivity index (χ1n) is 8.11. The molecule has 0 fully saturated rings. The Morgan fingerprint density at radius 1 is 1.14 bits per heavy atom. The van der Waals surface area contributed by atoms with Crippen molar-refractivity contribution in [2.75, 3.05) is 12.4 Å². The smallest absolute Gasteiger partial charge is 0.339 e. The lowest BCUT2D eigenvalue weighted by atomic mass is 10.2. The second kappa shape index (κ2) is 9.10. The first-order valence-corrected chi connectivity index (χ1v) is 9.59. The second-order valence-corrected chi connectivity index (χ2v) is 7.30. The number of carbonyl (C=O) groups is 3. The van der Waals surface area contributed by atoms with Gasteiger partial charge >= 0.3 is 18.0 Å². The number of sulfonamides is 1. The lowest BCUT2D eigenvalue weighted by molar-refractivity contribution is -0.142. The van der Waals surface area contributed by atoms with Crippen LogP contribution in [0.2, 0.25) is 0 Å². The fourth-order valence-electron chi connectivity index (χ4n) is 2.22. The number of aromatic nitrogens is 2. The minimum absolute atomic E-state index is 0.139. The Bertz CT molecular complexity index is 1050. The fourth-order valence-corrected chi connectivity index (χ4v) is 3.33. The highest BCUT2D eigenvalue weighted by Crippen LogP contribution is 2.16. The number of hydrogen-bond donors (Lipinski definition) is 2. The number of hydrogen-bond acceptors (Lipinski definition) is 9. The minimum Gasteiger partial charge on any atom is -0.465 e. The average Bonchev–Trinajstić information content (AvgIpc) is 2.64. The molecular formula is C17H18N4O7S. The molecule has 2 aromatic rings. The standard InChI is InChI=1S/C17H18N4O7S/c1-10-8-12(9-28-11(2)22)19-16(18-10)20-17(24)21-29(25,26)14-7-5-4-6-13(14)15(23)27-3/h4-8H,9H2,1-3H3,(H2,18,19,20,21,24). The van der Waals surface area contributed by atoms with E-state index in [1.807, 2.05) is 0 Å². The summed E-state index contributed by atoms with van der Waals surface area (Å²) in [5, 5.41) is 2.19. The van der Waals surface area contributed by atoms with Gasteiger partial charge in [0, 0.05) is 12.6 Å². The lowest BCUT2D eigenvalue weighted by Crippen LogP contribution is -2.35. The number of urea groups is 1. The van der Waals surface area contributed by atoms with E-state index in [1.54, 1.807) is 11.6 Å². The maximum Gasteiger partial charge on any atom is 0.339 e. The highest BCUT2D eigenvalue weighted by molar-refractivity contribution is 7.90. The number of amides is 2. The average molecular weight is 422 g/mol. The van der Waals surface area contributed by atoms with Crippen LogP contribution < -0.4 is 10.0 Å². The van der Waals surface area contributed by atoms with Gasteiger partial charge in [0.2, 0.25) is 5.95 Å². The van der Waals surface area contributed by atoms with Crippen LogP contribution in [0.1, 0.15) is 28.7 Å². The van der Waals surface area contributed by atoms with E-state index in [9.17, 15) is 22.8 Å². The van der Waals surface area contributed by atoms with Gasteiger partial charge < -0.3 is 9.47 Å². The van der Waals surface area contributed by atoms with Crippen LogP contribution in [0.5, 0.6) is 0 Å². The quantitative estimate of drug-likeness (QED) is 0.652. The second-order valence-electron chi connectivity index (χ2n) is 5.65. The Morgan fingerprint density at radius 3 is 2.48 bits per heavy atom. The van der Waals surface area contributed by atoms with E-state index < -0.39 is 32.9 Å². The van der Waals surface area contributed by atoms with Crippen LogP contribution >= 0.6 is 0 Å². The molecule has 0 aliphatic carbocycles. The minimum atomic E-state index is -4.39. The molecule has 0 unspecified atom stereocenters. The number of benzene rings is 1. The summed E-state index contributed by atoms with van der Waals surface area (Å²) in [5.41, 5.74) is 0.531. The molecule has 0 spiro atoms. The molecule has 0 saturated carbocycles. The number of esters is 2. The van der Waals surface area contributed by atoms with E-state index in [0.29, 0.717) is 11.4 Å². The van der Waals surface area contributed by atoms with Gasteiger partial charge in [-0.25, -0.2) is 32.7 Å². The van der Waals surface area contributed by atoms with E-state index in [2.05, 4.69) is 20.0 Å². The van der Waals surface area contributed by atoms with Gasteiger partial charge in [0.15, 0.2) is 0 Å². The molecule has 0 aliphatic heterocycles. The van der Waals surface area contributed by atoms with Gasteiger partial charge in [0.1, 0.15) is 11.5 Å². The molecule has 2 N–H and O–H groups in total. The first-order chi connectivity index (χ1) is 13.6. The van der Waals surface area contributed by atoms with Crippen LogP contribution in [-0.2, 0) is 30.9 Å². The summed E-state index contributed by atoms with van der Waals surface area (Å²) >= 11 is 0. The third kappa shape index (κ3) is 5.97. The van der Waals surface area contributed by atoms with Crippen molar-refractivity contribution in [1.29, 1.82) is 0 Å². The molecule has 12 heteroatoms. The van der Waals surface area contributed by atoms with Crippen LogP contribution in [-0.4, -0.2) is 43.5 Å². The number of nitrogens with one attached hydrogen (secondary N) is 2. The molecule has 0 saturated heterocycles. The summed E-state index contributed by atoms with van der Waals surface area (Å²) in [6.45, 7) is 2.71. The Hall–Kier alpha value is -3.54. The van der Waals surface area contributed by atoms with Crippen LogP contribution in [0.3, 0.4) is 0 Å². The van der Waals surface area contributed by atoms with Crippen LogP contribution in [0.25, 0.3) is 0 Å². The van der Waals surface area contributed by atoms with Gasteiger partial charge in [0.25, 0.3) is 10.0 Å². The van der Waals surface area contributed by atoms with Crippen molar-refractivity contribution >= 4 is 33.9 Å². The summed E-state index contributed by atoms with van der Waals surface area (Å²) in [5.74, 6) is -1.58. The maximum absolute atomic E-state index is 12.5. The van der Waals surface area contributed by atoms with Crippen molar-refractivity contribution in [2.45, 2.75) is 25.3 Å². The first kappa shape index (κ1) is 21.8. The lowest BCUT2D eigenvalue weighted by Gasteiger charge is -2.11. The molecule has 0 radical (unpaired) electrons. The molecule has 0 aliphatic rings. The largest absolute Gasteiger partial charge is 0.465 e. The van der Waals surface area contributed by atoms with Crippen LogP contribution in [0.15, 0.2) is 35.2 Å². The maximum atomic E-state index is 12.5. The number of anilines is 1. The zero-order valence-electron chi connectivity index (χ0n) is 15.8. The fraction of sp³-hybridized carbons (Fsp3) is 0.235. The van der Waals surface area contributed by atoms with Crippen LogP contribution in [0.4, 0.5) is 10.7 Å². The number of nitrogens with zero attached hydrogens (tertiary/aromatic N) is 2. The Morgan fingerprint density at radius 2 is 1.83 bits per heavy atom. The molecule has 1 aromatic heterocycles. The molecule has 154 valence electrons. The number of carbonyl (C=O) groups excluding carboxylic acids is 3. The van der Waals surface area contributed by atoms with Gasteiger partial charge in [0.05, 0.1) is 18.4 Å². The predicted molar refractivity (Wildman–Crippen MR) is 99.4 cm³/mol. The van der Waals surface area contributed by atoms with E-state index in [-0.39, 0.29) is 18.1 Å². The Kier molecular flexibility index (Phi) is 6.83. The summed E-state index contributed by atoms with van der Waals surface area (Å²) in [6.07, 6.45) is 0. The van der Waals surface area contributed by atoms with Crippen molar-refractivity contribution in [3.05, 3.63) is 47.3 Å². The molecule has 1 heterocycles. The number of rotatable bonds is 6. The molecule has 0 atom stereocenters. The van der Waals surface area contributed by atoms with E-state index in [4.69, 9.17) is 4.74 Å². The summed E-state index contributed by atoms with van der Waals surface area (Å²) in [7, 11) is -3.29. The molecule has 2 amide bonds. The number of ether oxygens (including phenoxy) is 2. The van der Waals surface area contributed by atoms with Crippen molar-refractivity contribution in [1.82, 2.24) is 14.7 Å². The summed E-state index contributed by atoms with van der Waals surface area (Å²) in [6, 6.07) is 5.65. The molecular weight excluding hydrogens is 404 g/mol. The zero-order chi connectivity index (χ0) is 21.6. The topological polar surface area (TPSA) is 154 Å². The third-order valence-corrected chi connectivity index (χ3v) is 4.75. The van der Waals surface area contributed by atoms with Crippen molar-refractivity contribution in [2.24, 2.45) is 0 Å². The van der Waals surface area contributed by atoms with Gasteiger partial charge in [-0.1, -0.05) is 12.1 Å². The molecule has 29 heavy (non-hydrogen) atoms. The molecule has 1 aromatic carbocycles. The predicted octanol–water partition coefficient (Wildman–Crippen LogP) is 1.15. The van der Waals surface area contributed by atoms with Gasteiger partial charge in [-0.15, -0.1) is 0 Å². The normalized spacial score (nSPS) is 10.7. The monoisotopic (exact) mass is 422 g/mol. The Balaban J connectivity index is 2.19. The van der Waals surface area contributed by atoms with Crippen molar-refractivity contribution in [3.63, 3.8) is 0 Å². The molecule has 11 nitrogen and oxygen atoms in total.